The number of fused-ring (bicyclic) bond motifs is 11. The Morgan fingerprint density at radius 2 is 0.939 bits per heavy atom. The average molecular weight is 417 g/mol. The van der Waals surface area contributed by atoms with Gasteiger partial charge in [0.2, 0.25) is 0 Å². The third kappa shape index (κ3) is 1.94. The topological polar surface area (TPSA) is 0 Å². The minimum absolute atomic E-state index is 0.336. The summed E-state index contributed by atoms with van der Waals surface area (Å²) in [5.41, 5.74) is 10.7. The second-order valence-electron chi connectivity index (χ2n) is 9.26. The first-order valence-corrected chi connectivity index (χ1v) is 11.6. The molecule has 33 heavy (non-hydrogen) atoms. The summed E-state index contributed by atoms with van der Waals surface area (Å²) in [6, 6.07) is 45.3. The molecule has 2 aliphatic rings. The quantitative estimate of drug-likeness (QED) is 0.233. The Morgan fingerprint density at radius 1 is 0.364 bits per heavy atom. The average Bonchev–Trinajstić information content (AvgIpc) is 3.18. The fourth-order valence-corrected chi connectivity index (χ4v) is 6.71. The van der Waals surface area contributed by atoms with E-state index in [1.165, 1.54) is 66.1 Å². The predicted octanol–water partition coefficient (Wildman–Crippen LogP) is 8.34. The van der Waals surface area contributed by atoms with E-state index in [2.05, 4.69) is 121 Å². The van der Waals surface area contributed by atoms with Gasteiger partial charge in [-0.25, -0.2) is 0 Å². The molecule has 0 bridgehead atoms. The standard InChI is InChI=1S/C33H20/c1-2-12-23-21(9-1)19-20-27-26-15-7-10-22-11-8-18-30(31(22)26)33(32(23)27)28-16-5-3-13-24(28)25-14-4-6-17-29(25)33/h1-20H. The number of hydrogen-bond donors (Lipinski definition) is 0. The Hall–Kier alpha value is -4.16. The van der Waals surface area contributed by atoms with Crippen molar-refractivity contribution in [3.8, 4) is 22.3 Å². The van der Waals surface area contributed by atoms with Crippen LogP contribution < -0.4 is 0 Å². The summed E-state index contributed by atoms with van der Waals surface area (Å²) in [5.74, 6) is 0. The predicted molar refractivity (Wildman–Crippen MR) is 138 cm³/mol. The third-order valence-electron chi connectivity index (χ3n) is 7.86. The van der Waals surface area contributed by atoms with E-state index >= 15 is 0 Å². The van der Waals surface area contributed by atoms with Crippen LogP contribution in [0.25, 0.3) is 43.8 Å². The van der Waals surface area contributed by atoms with Crippen molar-refractivity contribution < 1.29 is 0 Å². The van der Waals surface area contributed by atoms with Crippen LogP contribution in [-0.4, -0.2) is 0 Å². The van der Waals surface area contributed by atoms with Gasteiger partial charge in [-0.05, 0) is 66.1 Å². The number of hydrogen-bond acceptors (Lipinski definition) is 0. The van der Waals surface area contributed by atoms with Crippen molar-refractivity contribution in [1.29, 1.82) is 0 Å². The van der Waals surface area contributed by atoms with Crippen molar-refractivity contribution in [3.05, 3.63) is 144 Å². The lowest BCUT2D eigenvalue weighted by Crippen LogP contribution is -2.32. The minimum atomic E-state index is -0.336. The first-order valence-electron chi connectivity index (χ1n) is 11.6. The molecular weight excluding hydrogens is 396 g/mol. The maximum Gasteiger partial charge on any atom is 0.0731 e. The van der Waals surface area contributed by atoms with E-state index in [9.17, 15) is 0 Å². The van der Waals surface area contributed by atoms with Crippen LogP contribution in [0.3, 0.4) is 0 Å². The SMILES string of the molecule is c1ccc2c(c1)-c1ccccc1C21c2c(ccc3ccccc23)-c2cccc3cccc1c23. The Labute approximate surface area is 192 Å². The first-order chi connectivity index (χ1) is 16.4. The van der Waals surface area contributed by atoms with Crippen molar-refractivity contribution >= 4 is 21.5 Å². The maximum atomic E-state index is 2.37. The normalized spacial score (nSPS) is 14.3. The molecule has 0 radical (unpaired) electrons. The summed E-state index contributed by atoms with van der Waals surface area (Å²) in [4.78, 5) is 0. The molecule has 6 aromatic carbocycles. The van der Waals surface area contributed by atoms with Crippen molar-refractivity contribution in [2.45, 2.75) is 5.41 Å². The van der Waals surface area contributed by atoms with Crippen LogP contribution in [0.4, 0.5) is 0 Å². The lowest BCUT2D eigenvalue weighted by molar-refractivity contribution is 0.781. The van der Waals surface area contributed by atoms with Gasteiger partial charge in [0.25, 0.3) is 0 Å². The van der Waals surface area contributed by atoms with Crippen LogP contribution in [0.1, 0.15) is 22.3 Å². The molecule has 8 rings (SSSR count). The van der Waals surface area contributed by atoms with Gasteiger partial charge in [-0.3, -0.25) is 0 Å². The molecule has 0 nitrogen and oxygen atoms in total. The van der Waals surface area contributed by atoms with E-state index in [0.717, 1.165) is 0 Å². The van der Waals surface area contributed by atoms with Crippen molar-refractivity contribution in [3.63, 3.8) is 0 Å². The van der Waals surface area contributed by atoms with Crippen molar-refractivity contribution in [1.82, 2.24) is 0 Å². The fourth-order valence-electron chi connectivity index (χ4n) is 6.71. The molecule has 0 aromatic heterocycles. The monoisotopic (exact) mass is 416 g/mol. The highest BCUT2D eigenvalue weighted by Gasteiger charge is 2.50. The van der Waals surface area contributed by atoms with Crippen molar-refractivity contribution in [2.24, 2.45) is 0 Å². The smallest absolute Gasteiger partial charge is 0.0619 e. The molecule has 0 aliphatic heterocycles. The molecule has 0 amide bonds. The zero-order valence-corrected chi connectivity index (χ0v) is 18.0. The lowest BCUT2D eigenvalue weighted by atomic mass is 9.60. The largest absolute Gasteiger partial charge is 0.0731 e. The summed E-state index contributed by atoms with van der Waals surface area (Å²) < 4.78 is 0. The van der Waals surface area contributed by atoms with Crippen LogP contribution in [0, 0.1) is 0 Å². The summed E-state index contributed by atoms with van der Waals surface area (Å²) in [6.45, 7) is 0. The maximum absolute atomic E-state index is 2.37. The number of benzene rings is 6. The van der Waals surface area contributed by atoms with Crippen LogP contribution in [0.2, 0.25) is 0 Å². The fraction of sp³-hybridized carbons (Fsp3) is 0.0303. The molecule has 6 aromatic rings. The highest BCUT2D eigenvalue weighted by molar-refractivity contribution is 6.10. The molecule has 0 heteroatoms. The molecule has 2 aliphatic carbocycles. The molecule has 152 valence electrons. The molecule has 0 unspecified atom stereocenters. The van der Waals surface area contributed by atoms with Crippen LogP contribution >= 0.6 is 0 Å². The number of rotatable bonds is 0. The Balaban J connectivity index is 1.73. The van der Waals surface area contributed by atoms with E-state index in [1.54, 1.807) is 0 Å². The zero-order valence-electron chi connectivity index (χ0n) is 18.0. The molecule has 0 saturated heterocycles. The van der Waals surface area contributed by atoms with Gasteiger partial charge in [0.1, 0.15) is 0 Å². The van der Waals surface area contributed by atoms with Crippen LogP contribution in [-0.2, 0) is 5.41 Å². The first kappa shape index (κ1) is 17.4. The van der Waals surface area contributed by atoms with Gasteiger partial charge in [0.15, 0.2) is 0 Å². The zero-order chi connectivity index (χ0) is 21.6. The molecule has 0 atom stereocenters. The van der Waals surface area contributed by atoms with Gasteiger partial charge in [-0.1, -0.05) is 121 Å². The van der Waals surface area contributed by atoms with Crippen molar-refractivity contribution in [2.75, 3.05) is 0 Å². The second kappa shape index (κ2) is 5.99. The molecule has 0 heterocycles. The Morgan fingerprint density at radius 3 is 1.73 bits per heavy atom. The van der Waals surface area contributed by atoms with Gasteiger partial charge in [0, 0.05) is 0 Å². The summed E-state index contributed by atoms with van der Waals surface area (Å²) >= 11 is 0. The van der Waals surface area contributed by atoms with Crippen LogP contribution in [0.5, 0.6) is 0 Å². The Kier molecular flexibility index (Phi) is 3.16. The summed E-state index contributed by atoms with van der Waals surface area (Å²) in [7, 11) is 0. The van der Waals surface area contributed by atoms with E-state index in [-0.39, 0.29) is 5.41 Å². The second-order valence-corrected chi connectivity index (χ2v) is 9.26. The van der Waals surface area contributed by atoms with E-state index in [4.69, 9.17) is 0 Å². The van der Waals surface area contributed by atoms with Crippen LogP contribution in [0.15, 0.2) is 121 Å². The third-order valence-corrected chi connectivity index (χ3v) is 7.86. The summed E-state index contributed by atoms with van der Waals surface area (Å²) in [5, 5.41) is 5.33. The molecule has 1 spiro atoms. The molecular formula is C33H20. The van der Waals surface area contributed by atoms with E-state index < -0.39 is 0 Å². The van der Waals surface area contributed by atoms with E-state index in [1.807, 2.05) is 0 Å². The molecule has 0 fully saturated rings. The molecule has 0 N–H and O–H groups in total. The highest BCUT2D eigenvalue weighted by atomic mass is 14.5. The van der Waals surface area contributed by atoms with Gasteiger partial charge in [-0.2, -0.15) is 0 Å². The minimum Gasteiger partial charge on any atom is -0.0619 e. The Bertz CT molecular complexity index is 1720. The van der Waals surface area contributed by atoms with Gasteiger partial charge in [-0.15, -0.1) is 0 Å². The van der Waals surface area contributed by atoms with Gasteiger partial charge >= 0.3 is 0 Å². The molecule has 0 saturated carbocycles. The van der Waals surface area contributed by atoms with Gasteiger partial charge < -0.3 is 0 Å². The van der Waals surface area contributed by atoms with E-state index in [0.29, 0.717) is 0 Å². The highest BCUT2D eigenvalue weighted by Crippen LogP contribution is 2.62. The van der Waals surface area contributed by atoms with Gasteiger partial charge in [0.05, 0.1) is 5.41 Å². The summed E-state index contributed by atoms with van der Waals surface area (Å²) in [6.07, 6.45) is 0. The lowest BCUT2D eigenvalue weighted by Gasteiger charge is -2.40.